The van der Waals surface area contributed by atoms with Crippen LogP contribution < -0.4 is 5.32 Å². The predicted molar refractivity (Wildman–Crippen MR) is 78.7 cm³/mol. The summed E-state index contributed by atoms with van der Waals surface area (Å²) in [5, 5.41) is 33.4. The van der Waals surface area contributed by atoms with Crippen molar-refractivity contribution in [3.8, 4) is 0 Å². The summed E-state index contributed by atoms with van der Waals surface area (Å²) in [6.07, 6.45) is -2.68. The van der Waals surface area contributed by atoms with E-state index in [1.54, 1.807) is 0 Å². The van der Waals surface area contributed by atoms with E-state index in [4.69, 9.17) is 0 Å². The SMILES string of the molecule is COC(=O)c1cc(C(O)C(O)CCNC(C)=O)cc([N+](=O)[O-])c1. The Bertz CT molecular complexity index is 603. The summed E-state index contributed by atoms with van der Waals surface area (Å²) in [7, 11) is 1.12. The first kappa shape index (κ1) is 18.5. The number of hydrogen-bond acceptors (Lipinski definition) is 7. The molecule has 2 unspecified atom stereocenters. The fraction of sp³-hybridized carbons (Fsp3) is 0.429. The van der Waals surface area contributed by atoms with Crippen LogP contribution in [0.3, 0.4) is 0 Å². The third-order valence-electron chi connectivity index (χ3n) is 3.09. The molecule has 23 heavy (non-hydrogen) atoms. The topological polar surface area (TPSA) is 139 Å². The second kappa shape index (κ2) is 8.20. The maximum Gasteiger partial charge on any atom is 0.338 e. The van der Waals surface area contributed by atoms with E-state index in [-0.39, 0.29) is 30.0 Å². The van der Waals surface area contributed by atoms with E-state index in [1.165, 1.54) is 13.0 Å². The first-order chi connectivity index (χ1) is 10.8. The van der Waals surface area contributed by atoms with Crippen molar-refractivity contribution < 1.29 is 29.5 Å². The number of carbonyl (C=O) groups is 2. The average Bonchev–Trinajstić information content (AvgIpc) is 2.52. The molecule has 126 valence electrons. The van der Waals surface area contributed by atoms with E-state index in [0.29, 0.717) is 0 Å². The quantitative estimate of drug-likeness (QED) is 0.372. The van der Waals surface area contributed by atoms with Crippen molar-refractivity contribution in [2.24, 2.45) is 0 Å². The number of hydrogen-bond donors (Lipinski definition) is 3. The highest BCUT2D eigenvalue weighted by atomic mass is 16.6. The molecule has 9 nitrogen and oxygen atoms in total. The molecule has 1 rings (SSSR count). The Labute approximate surface area is 132 Å². The number of esters is 1. The molecule has 0 saturated heterocycles. The molecular formula is C14H18N2O7. The van der Waals surface area contributed by atoms with Crippen molar-refractivity contribution in [3.63, 3.8) is 0 Å². The summed E-state index contributed by atoms with van der Waals surface area (Å²) < 4.78 is 4.50. The standard InChI is InChI=1S/C14H18N2O7/c1-8(17)15-4-3-12(18)13(19)9-5-10(14(20)23-2)7-11(6-9)16(21)22/h5-7,12-13,18-19H,3-4H2,1-2H3,(H,15,17). The number of nitro groups is 1. The van der Waals surface area contributed by atoms with Crippen LogP contribution in [0.4, 0.5) is 5.69 Å². The largest absolute Gasteiger partial charge is 0.465 e. The first-order valence-corrected chi connectivity index (χ1v) is 6.74. The lowest BCUT2D eigenvalue weighted by Crippen LogP contribution is -2.27. The van der Waals surface area contributed by atoms with Gasteiger partial charge < -0.3 is 20.3 Å². The van der Waals surface area contributed by atoms with Gasteiger partial charge in [-0.05, 0) is 18.1 Å². The minimum Gasteiger partial charge on any atom is -0.465 e. The van der Waals surface area contributed by atoms with Gasteiger partial charge in [-0.25, -0.2) is 4.79 Å². The molecule has 1 amide bonds. The molecule has 0 spiro atoms. The van der Waals surface area contributed by atoms with Crippen LogP contribution in [0.5, 0.6) is 0 Å². The molecule has 0 fully saturated rings. The summed E-state index contributed by atoms with van der Waals surface area (Å²) in [5.41, 5.74) is -0.504. The number of aliphatic hydroxyl groups excluding tert-OH is 2. The number of benzene rings is 1. The molecule has 0 radical (unpaired) electrons. The molecule has 1 aromatic carbocycles. The Balaban J connectivity index is 3.00. The lowest BCUT2D eigenvalue weighted by atomic mass is 9.99. The number of nitro benzene ring substituents is 1. The number of methoxy groups -OCH3 is 1. The minimum atomic E-state index is -1.45. The second-order valence-electron chi connectivity index (χ2n) is 4.85. The molecule has 2 atom stereocenters. The van der Waals surface area contributed by atoms with Gasteiger partial charge in [0.2, 0.25) is 5.91 Å². The van der Waals surface area contributed by atoms with E-state index in [1.807, 2.05) is 0 Å². The Morgan fingerprint density at radius 3 is 2.52 bits per heavy atom. The van der Waals surface area contributed by atoms with Crippen molar-refractivity contribution >= 4 is 17.6 Å². The molecule has 0 aliphatic heterocycles. The third-order valence-corrected chi connectivity index (χ3v) is 3.09. The third kappa shape index (κ3) is 5.31. The molecule has 9 heteroatoms. The first-order valence-electron chi connectivity index (χ1n) is 6.74. The van der Waals surface area contributed by atoms with Gasteiger partial charge in [-0.3, -0.25) is 14.9 Å². The zero-order chi connectivity index (χ0) is 17.6. The molecular weight excluding hydrogens is 308 g/mol. The van der Waals surface area contributed by atoms with Gasteiger partial charge in [0.05, 0.1) is 23.7 Å². The van der Waals surface area contributed by atoms with Crippen LogP contribution in [-0.4, -0.2) is 46.8 Å². The van der Waals surface area contributed by atoms with E-state index in [9.17, 15) is 29.9 Å². The minimum absolute atomic E-state index is 0.00919. The second-order valence-corrected chi connectivity index (χ2v) is 4.85. The van der Waals surface area contributed by atoms with Gasteiger partial charge in [0.25, 0.3) is 5.69 Å². The van der Waals surface area contributed by atoms with E-state index >= 15 is 0 Å². The van der Waals surface area contributed by atoms with Crippen LogP contribution in [-0.2, 0) is 9.53 Å². The number of non-ortho nitro benzene ring substituents is 1. The van der Waals surface area contributed by atoms with Crippen molar-refractivity contribution in [1.29, 1.82) is 0 Å². The molecule has 0 aromatic heterocycles. The highest BCUT2D eigenvalue weighted by molar-refractivity contribution is 5.90. The zero-order valence-electron chi connectivity index (χ0n) is 12.7. The number of ether oxygens (including phenoxy) is 1. The van der Waals surface area contributed by atoms with E-state index in [2.05, 4.69) is 10.1 Å². The molecule has 1 aromatic rings. The van der Waals surface area contributed by atoms with Gasteiger partial charge in [0, 0.05) is 25.6 Å². The van der Waals surface area contributed by atoms with Gasteiger partial charge in [-0.2, -0.15) is 0 Å². The van der Waals surface area contributed by atoms with Crippen molar-refractivity contribution in [2.75, 3.05) is 13.7 Å². The zero-order valence-corrected chi connectivity index (χ0v) is 12.7. The van der Waals surface area contributed by atoms with E-state index < -0.39 is 28.8 Å². The van der Waals surface area contributed by atoms with Crippen LogP contribution in [0, 0.1) is 10.1 Å². The van der Waals surface area contributed by atoms with Crippen LogP contribution in [0.15, 0.2) is 18.2 Å². The summed E-state index contributed by atoms with van der Waals surface area (Å²) >= 11 is 0. The summed E-state index contributed by atoms with van der Waals surface area (Å²) in [6.45, 7) is 1.44. The highest BCUT2D eigenvalue weighted by Crippen LogP contribution is 2.25. The summed E-state index contributed by atoms with van der Waals surface area (Å²) in [4.78, 5) is 32.5. The maximum absolute atomic E-state index is 11.5. The molecule has 3 N–H and O–H groups in total. The number of carbonyl (C=O) groups excluding carboxylic acids is 2. The smallest absolute Gasteiger partial charge is 0.338 e. The Morgan fingerprint density at radius 2 is 2.00 bits per heavy atom. The molecule has 0 bridgehead atoms. The van der Waals surface area contributed by atoms with Crippen LogP contribution in [0.1, 0.15) is 35.4 Å². The van der Waals surface area contributed by atoms with Gasteiger partial charge >= 0.3 is 5.97 Å². The van der Waals surface area contributed by atoms with Gasteiger partial charge in [0.1, 0.15) is 6.10 Å². The lowest BCUT2D eigenvalue weighted by Gasteiger charge is -2.18. The van der Waals surface area contributed by atoms with Crippen LogP contribution in [0.2, 0.25) is 0 Å². The molecule has 0 heterocycles. The molecule has 0 aliphatic rings. The normalized spacial score (nSPS) is 13.0. The van der Waals surface area contributed by atoms with Crippen molar-refractivity contribution in [2.45, 2.75) is 25.6 Å². The predicted octanol–water partition coefficient (Wildman–Crippen LogP) is 0.302. The monoisotopic (exact) mass is 326 g/mol. The maximum atomic E-state index is 11.5. The van der Waals surface area contributed by atoms with Crippen molar-refractivity contribution in [1.82, 2.24) is 5.32 Å². The summed E-state index contributed by atoms with van der Waals surface area (Å²) in [6, 6.07) is 3.30. The van der Waals surface area contributed by atoms with Gasteiger partial charge in [-0.15, -0.1) is 0 Å². The molecule has 0 aliphatic carbocycles. The van der Waals surface area contributed by atoms with Crippen molar-refractivity contribution in [3.05, 3.63) is 39.4 Å². The van der Waals surface area contributed by atoms with Gasteiger partial charge in [-0.1, -0.05) is 0 Å². The fourth-order valence-electron chi connectivity index (χ4n) is 1.92. The Hall–Kier alpha value is -2.52. The van der Waals surface area contributed by atoms with Crippen LogP contribution >= 0.6 is 0 Å². The number of amides is 1. The molecule has 0 saturated carbocycles. The van der Waals surface area contributed by atoms with Gasteiger partial charge in [0.15, 0.2) is 0 Å². The highest BCUT2D eigenvalue weighted by Gasteiger charge is 2.23. The lowest BCUT2D eigenvalue weighted by molar-refractivity contribution is -0.385. The fourth-order valence-corrected chi connectivity index (χ4v) is 1.92. The number of nitrogens with one attached hydrogen (secondary N) is 1. The summed E-state index contributed by atoms with van der Waals surface area (Å²) in [5.74, 6) is -1.08. The average molecular weight is 326 g/mol. The Kier molecular flexibility index (Phi) is 6.61. The Morgan fingerprint density at radius 1 is 1.35 bits per heavy atom. The number of nitrogens with zero attached hydrogens (tertiary/aromatic N) is 1. The van der Waals surface area contributed by atoms with E-state index in [0.717, 1.165) is 19.2 Å². The number of aliphatic hydroxyl groups is 2. The number of rotatable bonds is 7. The van der Waals surface area contributed by atoms with Crippen LogP contribution in [0.25, 0.3) is 0 Å².